The van der Waals surface area contributed by atoms with Crippen LogP contribution < -0.4 is 0 Å². The maximum atomic E-state index is 10.7. The van der Waals surface area contributed by atoms with Gasteiger partial charge in [-0.05, 0) is 44.0 Å². The Morgan fingerprint density at radius 2 is 1.95 bits per heavy atom. The summed E-state index contributed by atoms with van der Waals surface area (Å²) in [6.07, 6.45) is 1.77. The average Bonchev–Trinajstić information content (AvgIpc) is 2.67. The Balaban J connectivity index is 2.52. The van der Waals surface area contributed by atoms with Crippen molar-refractivity contribution in [1.82, 2.24) is 9.55 Å². The number of carbonyl (C=O) groups is 1. The third-order valence-electron chi connectivity index (χ3n) is 2.91. The van der Waals surface area contributed by atoms with E-state index < -0.39 is 5.97 Å². The van der Waals surface area contributed by atoms with Crippen LogP contribution in [0.3, 0.4) is 0 Å². The lowest BCUT2D eigenvalue weighted by Gasteiger charge is -2.15. The minimum atomic E-state index is -0.841. The summed E-state index contributed by atoms with van der Waals surface area (Å²) in [6.45, 7) is 6.05. The van der Waals surface area contributed by atoms with E-state index in [4.69, 9.17) is 5.11 Å². The van der Waals surface area contributed by atoms with Crippen LogP contribution in [0.2, 0.25) is 0 Å². The van der Waals surface area contributed by atoms with Crippen LogP contribution in [0.4, 0.5) is 0 Å². The molecule has 1 heterocycles. The zero-order valence-electron chi connectivity index (χ0n) is 11.5. The second kappa shape index (κ2) is 6.01. The third-order valence-corrected chi connectivity index (χ3v) is 4.31. The van der Waals surface area contributed by atoms with E-state index in [9.17, 15) is 4.79 Å². The molecule has 0 unspecified atom stereocenters. The van der Waals surface area contributed by atoms with Crippen LogP contribution in [-0.4, -0.2) is 26.4 Å². The minimum Gasteiger partial charge on any atom is -0.481 e. The third kappa shape index (κ3) is 3.07. The molecule has 0 aliphatic heterocycles. The van der Waals surface area contributed by atoms with Crippen LogP contribution in [0, 0.1) is 20.8 Å². The minimum absolute atomic E-state index is 0.00504. The van der Waals surface area contributed by atoms with Crippen molar-refractivity contribution in [3.05, 3.63) is 39.6 Å². The Labute approximate surface area is 130 Å². The summed E-state index contributed by atoms with van der Waals surface area (Å²) in [5.74, 6) is -0.836. The van der Waals surface area contributed by atoms with Crippen molar-refractivity contribution in [3.8, 4) is 5.69 Å². The summed E-state index contributed by atoms with van der Waals surface area (Å²) >= 11 is 4.72. The van der Waals surface area contributed by atoms with Gasteiger partial charge in [0, 0.05) is 16.4 Å². The highest BCUT2D eigenvalue weighted by Gasteiger charge is 2.15. The van der Waals surface area contributed by atoms with Gasteiger partial charge in [0.05, 0.1) is 11.4 Å². The second-order valence-corrected chi connectivity index (χ2v) is 6.45. The summed E-state index contributed by atoms with van der Waals surface area (Å²) in [4.78, 5) is 15.1. The lowest BCUT2D eigenvalue weighted by molar-refractivity contribution is -0.133. The molecule has 1 aromatic heterocycles. The number of hydrogen-bond donors (Lipinski definition) is 1. The molecule has 2 aromatic rings. The lowest BCUT2D eigenvalue weighted by Crippen LogP contribution is -2.06. The number of halogens is 1. The van der Waals surface area contributed by atoms with Crippen molar-refractivity contribution in [2.24, 2.45) is 0 Å². The predicted octanol–water partition coefficient (Wildman–Crippen LogP) is 3.74. The molecular weight excluding hydrogens is 340 g/mol. The first-order valence-corrected chi connectivity index (χ1v) is 7.84. The number of benzene rings is 1. The van der Waals surface area contributed by atoms with Crippen LogP contribution in [-0.2, 0) is 4.79 Å². The molecule has 1 aromatic carbocycles. The first kappa shape index (κ1) is 15.1. The Hall–Kier alpha value is -1.27. The Bertz CT molecular complexity index is 644. The molecule has 0 fully saturated rings. The Morgan fingerprint density at radius 1 is 1.35 bits per heavy atom. The molecule has 0 saturated heterocycles. The van der Waals surface area contributed by atoms with Gasteiger partial charge in [-0.15, -0.1) is 0 Å². The summed E-state index contributed by atoms with van der Waals surface area (Å²) < 4.78 is 3.05. The number of aliphatic carboxylic acids is 1. The molecule has 0 aliphatic carbocycles. The number of hydrogen-bond acceptors (Lipinski definition) is 3. The van der Waals surface area contributed by atoms with Crippen molar-refractivity contribution in [2.45, 2.75) is 25.9 Å². The van der Waals surface area contributed by atoms with Gasteiger partial charge in [-0.2, -0.15) is 0 Å². The largest absolute Gasteiger partial charge is 0.481 e. The van der Waals surface area contributed by atoms with Crippen molar-refractivity contribution >= 4 is 33.7 Å². The van der Waals surface area contributed by atoms with E-state index in [1.807, 2.05) is 37.5 Å². The van der Waals surface area contributed by atoms with E-state index >= 15 is 0 Å². The molecule has 0 amide bonds. The number of nitrogens with zero attached hydrogens (tertiary/aromatic N) is 2. The molecule has 6 heteroatoms. The number of carboxylic acid groups (broad SMARTS) is 1. The molecule has 0 atom stereocenters. The fraction of sp³-hybridized carbons (Fsp3) is 0.286. The van der Waals surface area contributed by atoms with Gasteiger partial charge in [0.25, 0.3) is 0 Å². The Kier molecular flexibility index (Phi) is 4.55. The summed E-state index contributed by atoms with van der Waals surface area (Å²) in [5.41, 5.74) is 4.30. The zero-order valence-corrected chi connectivity index (χ0v) is 13.9. The topological polar surface area (TPSA) is 55.1 Å². The fourth-order valence-electron chi connectivity index (χ4n) is 2.17. The molecule has 20 heavy (non-hydrogen) atoms. The summed E-state index contributed by atoms with van der Waals surface area (Å²) in [6, 6.07) is 4.10. The van der Waals surface area contributed by atoms with Gasteiger partial charge in [-0.1, -0.05) is 27.7 Å². The number of carboxylic acids is 1. The molecule has 0 aliphatic rings. The van der Waals surface area contributed by atoms with Crippen LogP contribution >= 0.6 is 27.7 Å². The first-order valence-electron chi connectivity index (χ1n) is 6.06. The standard InChI is InChI=1S/C14H15BrN2O2S/c1-8-4-11(15)5-9(2)13(8)17-10(3)6-16-14(17)20-7-12(18)19/h4-6H,7H2,1-3H3,(H,18,19). The van der Waals surface area contributed by atoms with Crippen LogP contribution in [0.1, 0.15) is 16.8 Å². The molecule has 4 nitrogen and oxygen atoms in total. The normalized spacial score (nSPS) is 10.8. The van der Waals surface area contributed by atoms with Gasteiger partial charge in [0.15, 0.2) is 5.16 Å². The van der Waals surface area contributed by atoms with E-state index in [1.165, 1.54) is 11.8 Å². The van der Waals surface area contributed by atoms with Gasteiger partial charge >= 0.3 is 5.97 Å². The molecule has 0 spiro atoms. The Morgan fingerprint density at radius 3 is 2.50 bits per heavy atom. The van der Waals surface area contributed by atoms with Gasteiger partial charge < -0.3 is 5.11 Å². The maximum Gasteiger partial charge on any atom is 0.313 e. The molecule has 1 N–H and O–H groups in total. The van der Waals surface area contributed by atoms with E-state index in [0.29, 0.717) is 5.16 Å². The monoisotopic (exact) mass is 354 g/mol. The predicted molar refractivity (Wildman–Crippen MR) is 83.8 cm³/mol. The number of aryl methyl sites for hydroxylation is 3. The second-order valence-electron chi connectivity index (χ2n) is 4.59. The average molecular weight is 355 g/mol. The molecule has 2 rings (SSSR count). The van der Waals surface area contributed by atoms with E-state index in [1.54, 1.807) is 6.20 Å². The van der Waals surface area contributed by atoms with Gasteiger partial charge in [-0.3, -0.25) is 9.36 Å². The van der Waals surface area contributed by atoms with Crippen molar-refractivity contribution < 1.29 is 9.90 Å². The van der Waals surface area contributed by atoms with E-state index in [2.05, 4.69) is 20.9 Å². The van der Waals surface area contributed by atoms with Crippen molar-refractivity contribution in [1.29, 1.82) is 0 Å². The highest BCUT2D eigenvalue weighted by molar-refractivity contribution is 9.10. The van der Waals surface area contributed by atoms with Crippen molar-refractivity contribution in [3.63, 3.8) is 0 Å². The number of aromatic nitrogens is 2. The summed E-state index contributed by atoms with van der Waals surface area (Å²) in [7, 11) is 0. The highest BCUT2D eigenvalue weighted by atomic mass is 79.9. The summed E-state index contributed by atoms with van der Waals surface area (Å²) in [5, 5.41) is 9.53. The quantitative estimate of drug-likeness (QED) is 0.849. The molecule has 0 radical (unpaired) electrons. The fourth-order valence-corrected chi connectivity index (χ4v) is 3.60. The van der Waals surface area contributed by atoms with Crippen LogP contribution in [0.15, 0.2) is 28.0 Å². The first-order chi connectivity index (χ1) is 9.40. The molecule has 0 saturated carbocycles. The van der Waals surface area contributed by atoms with Crippen molar-refractivity contribution in [2.75, 3.05) is 5.75 Å². The van der Waals surface area contributed by atoms with Gasteiger partial charge in [0.2, 0.25) is 0 Å². The zero-order chi connectivity index (χ0) is 14.9. The smallest absolute Gasteiger partial charge is 0.313 e. The molecule has 106 valence electrons. The van der Waals surface area contributed by atoms with Crippen LogP contribution in [0.5, 0.6) is 0 Å². The molecular formula is C14H15BrN2O2S. The van der Waals surface area contributed by atoms with E-state index in [-0.39, 0.29) is 5.75 Å². The number of imidazole rings is 1. The highest BCUT2D eigenvalue weighted by Crippen LogP contribution is 2.29. The molecule has 0 bridgehead atoms. The van der Waals surface area contributed by atoms with Crippen LogP contribution in [0.25, 0.3) is 5.69 Å². The van der Waals surface area contributed by atoms with Gasteiger partial charge in [-0.25, -0.2) is 4.98 Å². The van der Waals surface area contributed by atoms with Gasteiger partial charge in [0.1, 0.15) is 0 Å². The number of rotatable bonds is 4. The van der Waals surface area contributed by atoms with E-state index in [0.717, 1.165) is 27.0 Å². The maximum absolute atomic E-state index is 10.7. The number of thioether (sulfide) groups is 1. The lowest BCUT2D eigenvalue weighted by atomic mass is 10.1. The SMILES string of the molecule is Cc1cc(Br)cc(C)c1-n1c(C)cnc1SCC(=O)O.